The van der Waals surface area contributed by atoms with Crippen molar-refractivity contribution in [3.8, 4) is 0 Å². The smallest absolute Gasteiger partial charge is 0.224 e. The standard InChI is InChI=1S/C23H28N4O/c1-25(16-19-8-3-2-4-9-19)20-10-7-14-26(17-20)23(28)13-15-27-18-24-21-11-5-6-12-22(21)27/h2-6,8-9,11-12,18,20H,7,10,13-17H2,1H3. The van der Waals surface area contributed by atoms with E-state index in [1.54, 1.807) is 0 Å². The van der Waals surface area contributed by atoms with Gasteiger partial charge < -0.3 is 9.47 Å². The van der Waals surface area contributed by atoms with Gasteiger partial charge in [-0.05, 0) is 37.6 Å². The molecule has 5 nitrogen and oxygen atoms in total. The van der Waals surface area contributed by atoms with Crippen molar-refractivity contribution in [3.05, 3.63) is 66.5 Å². The number of benzene rings is 2. The summed E-state index contributed by atoms with van der Waals surface area (Å²) in [5, 5.41) is 0. The van der Waals surface area contributed by atoms with Gasteiger partial charge >= 0.3 is 0 Å². The normalized spacial score (nSPS) is 17.4. The van der Waals surface area contributed by atoms with Gasteiger partial charge in [0.25, 0.3) is 0 Å². The van der Waals surface area contributed by atoms with Crippen molar-refractivity contribution in [3.63, 3.8) is 0 Å². The second-order valence-corrected chi connectivity index (χ2v) is 7.71. The second-order valence-electron chi connectivity index (χ2n) is 7.71. The number of hydrogen-bond acceptors (Lipinski definition) is 3. The molecule has 146 valence electrons. The topological polar surface area (TPSA) is 41.4 Å². The van der Waals surface area contributed by atoms with Crippen LogP contribution in [0.4, 0.5) is 0 Å². The highest BCUT2D eigenvalue weighted by molar-refractivity contribution is 5.77. The largest absolute Gasteiger partial charge is 0.341 e. The van der Waals surface area contributed by atoms with Crippen LogP contribution in [-0.4, -0.2) is 51.4 Å². The molecule has 0 saturated carbocycles. The van der Waals surface area contributed by atoms with E-state index in [9.17, 15) is 4.79 Å². The third-order valence-corrected chi connectivity index (χ3v) is 5.74. The summed E-state index contributed by atoms with van der Waals surface area (Å²) < 4.78 is 2.08. The molecule has 1 fully saturated rings. The number of fused-ring (bicyclic) bond motifs is 1. The summed E-state index contributed by atoms with van der Waals surface area (Å²) in [5.74, 6) is 0.246. The van der Waals surface area contributed by atoms with Crippen LogP contribution in [0.1, 0.15) is 24.8 Å². The highest BCUT2D eigenvalue weighted by atomic mass is 16.2. The number of para-hydroxylation sites is 2. The maximum atomic E-state index is 12.8. The monoisotopic (exact) mass is 376 g/mol. The van der Waals surface area contributed by atoms with Crippen molar-refractivity contribution in [1.82, 2.24) is 19.4 Å². The van der Waals surface area contributed by atoms with Gasteiger partial charge in [-0.3, -0.25) is 9.69 Å². The van der Waals surface area contributed by atoms with Gasteiger partial charge in [0.15, 0.2) is 0 Å². The summed E-state index contributed by atoms with van der Waals surface area (Å²) in [6.07, 6.45) is 4.59. The van der Waals surface area contributed by atoms with Crippen LogP contribution in [0.15, 0.2) is 60.9 Å². The number of rotatable bonds is 6. The number of imidazole rings is 1. The van der Waals surface area contributed by atoms with Gasteiger partial charge in [0, 0.05) is 38.6 Å². The fourth-order valence-corrected chi connectivity index (χ4v) is 4.10. The van der Waals surface area contributed by atoms with Gasteiger partial charge in [0.1, 0.15) is 0 Å². The second kappa shape index (κ2) is 8.57. The van der Waals surface area contributed by atoms with Crippen LogP contribution >= 0.6 is 0 Å². The Morgan fingerprint density at radius 3 is 2.79 bits per heavy atom. The SMILES string of the molecule is CN(Cc1ccccc1)C1CCCN(C(=O)CCn2cnc3ccccc32)C1. The fraction of sp³-hybridized carbons (Fsp3) is 0.391. The number of nitrogens with zero attached hydrogens (tertiary/aromatic N) is 4. The van der Waals surface area contributed by atoms with E-state index in [0.717, 1.165) is 43.5 Å². The molecule has 0 bridgehead atoms. The van der Waals surface area contributed by atoms with E-state index in [1.807, 2.05) is 30.6 Å². The number of likely N-dealkylation sites (tertiary alicyclic amines) is 1. The van der Waals surface area contributed by atoms with E-state index in [1.165, 1.54) is 5.56 Å². The lowest BCUT2D eigenvalue weighted by Gasteiger charge is -2.37. The van der Waals surface area contributed by atoms with E-state index in [0.29, 0.717) is 19.0 Å². The average Bonchev–Trinajstić information content (AvgIpc) is 3.16. The molecular weight excluding hydrogens is 348 g/mol. The minimum Gasteiger partial charge on any atom is -0.341 e. The Bertz CT molecular complexity index is 921. The first-order valence-electron chi connectivity index (χ1n) is 10.1. The molecule has 1 aliphatic rings. The molecule has 1 aliphatic heterocycles. The molecule has 1 unspecified atom stereocenters. The zero-order valence-electron chi connectivity index (χ0n) is 16.5. The van der Waals surface area contributed by atoms with Gasteiger partial charge in [-0.1, -0.05) is 42.5 Å². The number of carbonyl (C=O) groups is 1. The zero-order valence-corrected chi connectivity index (χ0v) is 16.5. The van der Waals surface area contributed by atoms with E-state index >= 15 is 0 Å². The van der Waals surface area contributed by atoms with Crippen molar-refractivity contribution in [2.24, 2.45) is 0 Å². The quantitative estimate of drug-likeness (QED) is 0.661. The number of hydrogen-bond donors (Lipinski definition) is 0. The zero-order chi connectivity index (χ0) is 19.3. The van der Waals surface area contributed by atoms with Crippen molar-refractivity contribution in [2.75, 3.05) is 20.1 Å². The molecule has 5 heteroatoms. The Kier molecular flexibility index (Phi) is 5.72. The molecule has 1 aromatic heterocycles. The number of aromatic nitrogens is 2. The van der Waals surface area contributed by atoms with Crippen LogP contribution in [-0.2, 0) is 17.9 Å². The maximum absolute atomic E-state index is 12.8. The maximum Gasteiger partial charge on any atom is 0.224 e. The van der Waals surface area contributed by atoms with Gasteiger partial charge in [-0.25, -0.2) is 4.98 Å². The molecule has 0 aliphatic carbocycles. The Balaban J connectivity index is 1.33. The molecule has 4 rings (SSSR count). The van der Waals surface area contributed by atoms with Crippen molar-refractivity contribution in [1.29, 1.82) is 0 Å². The van der Waals surface area contributed by atoms with Crippen LogP contribution < -0.4 is 0 Å². The predicted molar refractivity (Wildman–Crippen MR) is 112 cm³/mol. The molecule has 2 aromatic carbocycles. The van der Waals surface area contributed by atoms with E-state index in [-0.39, 0.29) is 5.91 Å². The predicted octanol–water partition coefficient (Wildman–Crippen LogP) is 3.55. The molecule has 28 heavy (non-hydrogen) atoms. The first-order chi connectivity index (χ1) is 13.7. The van der Waals surface area contributed by atoms with Crippen LogP contribution in [0.3, 0.4) is 0 Å². The van der Waals surface area contributed by atoms with E-state index in [2.05, 4.69) is 56.7 Å². The minimum absolute atomic E-state index is 0.246. The van der Waals surface area contributed by atoms with Crippen LogP contribution in [0.2, 0.25) is 0 Å². The minimum atomic E-state index is 0.246. The molecule has 1 atom stereocenters. The Labute approximate surface area is 166 Å². The van der Waals surface area contributed by atoms with Crippen molar-refractivity contribution in [2.45, 2.75) is 38.4 Å². The number of aryl methyl sites for hydroxylation is 1. The Morgan fingerprint density at radius 1 is 1.14 bits per heavy atom. The van der Waals surface area contributed by atoms with Crippen LogP contribution in [0.5, 0.6) is 0 Å². The molecule has 3 aromatic rings. The summed E-state index contributed by atoms with van der Waals surface area (Å²) in [4.78, 5) is 21.7. The van der Waals surface area contributed by atoms with Gasteiger partial charge in [-0.15, -0.1) is 0 Å². The summed E-state index contributed by atoms with van der Waals surface area (Å²) in [7, 11) is 2.17. The summed E-state index contributed by atoms with van der Waals surface area (Å²) >= 11 is 0. The number of piperidine rings is 1. The highest BCUT2D eigenvalue weighted by Gasteiger charge is 2.26. The Morgan fingerprint density at radius 2 is 1.93 bits per heavy atom. The van der Waals surface area contributed by atoms with E-state index < -0.39 is 0 Å². The first kappa shape index (κ1) is 18.7. The highest BCUT2D eigenvalue weighted by Crippen LogP contribution is 2.18. The van der Waals surface area contributed by atoms with Gasteiger partial charge in [0.2, 0.25) is 5.91 Å². The molecule has 0 N–H and O–H groups in total. The number of likely N-dealkylation sites (N-methyl/N-ethyl adjacent to an activating group) is 1. The summed E-state index contributed by atoms with van der Waals surface area (Å²) in [6, 6.07) is 19.0. The molecular formula is C23H28N4O. The average molecular weight is 377 g/mol. The van der Waals surface area contributed by atoms with Gasteiger partial charge in [-0.2, -0.15) is 0 Å². The third kappa shape index (κ3) is 4.25. The molecule has 0 radical (unpaired) electrons. The number of carbonyl (C=O) groups excluding carboxylic acids is 1. The number of amides is 1. The molecule has 2 heterocycles. The lowest BCUT2D eigenvalue weighted by Crippen LogP contribution is -2.48. The lowest BCUT2D eigenvalue weighted by molar-refractivity contribution is -0.133. The van der Waals surface area contributed by atoms with Crippen LogP contribution in [0.25, 0.3) is 11.0 Å². The molecule has 1 amide bonds. The summed E-state index contributed by atoms with van der Waals surface area (Å²) in [5.41, 5.74) is 3.39. The van der Waals surface area contributed by atoms with Crippen molar-refractivity contribution < 1.29 is 4.79 Å². The van der Waals surface area contributed by atoms with Gasteiger partial charge in [0.05, 0.1) is 17.4 Å². The lowest BCUT2D eigenvalue weighted by atomic mass is 10.0. The van der Waals surface area contributed by atoms with Crippen molar-refractivity contribution >= 4 is 16.9 Å². The third-order valence-electron chi connectivity index (χ3n) is 5.74. The fourth-order valence-electron chi connectivity index (χ4n) is 4.10. The van der Waals surface area contributed by atoms with Crippen LogP contribution in [0, 0.1) is 0 Å². The molecule has 1 saturated heterocycles. The summed E-state index contributed by atoms with van der Waals surface area (Å²) in [6.45, 7) is 3.31. The van der Waals surface area contributed by atoms with E-state index in [4.69, 9.17) is 0 Å². The first-order valence-corrected chi connectivity index (χ1v) is 10.1. The Hall–Kier alpha value is -2.66. The molecule has 0 spiro atoms.